The molecule has 0 aromatic heterocycles. The monoisotopic (exact) mass is 200 g/mol. The van der Waals surface area contributed by atoms with Crippen LogP contribution in [0.25, 0.3) is 0 Å². The molecule has 1 aromatic rings. The predicted molar refractivity (Wildman–Crippen MR) is 52.6 cm³/mol. The van der Waals surface area contributed by atoms with E-state index < -0.39 is 0 Å². The third-order valence-electron chi connectivity index (χ3n) is 1.74. The van der Waals surface area contributed by atoms with E-state index in [2.05, 4.69) is 6.07 Å². The Labute approximate surface area is 81.1 Å². The molecule has 3 heteroatoms. The number of thioether (sulfide) groups is 1. The fraction of sp³-hybridized carbons (Fsp3) is 0.333. The van der Waals surface area contributed by atoms with Crippen LogP contribution >= 0.6 is 23.4 Å². The summed E-state index contributed by atoms with van der Waals surface area (Å²) in [4.78, 5) is 0. The molecule has 0 radical (unpaired) electrons. The summed E-state index contributed by atoms with van der Waals surface area (Å²) < 4.78 is 5.50. The second-order valence-corrected chi connectivity index (χ2v) is 4.23. The fourth-order valence-electron chi connectivity index (χ4n) is 1.20. The lowest BCUT2D eigenvalue weighted by Gasteiger charge is -2.08. The molecular weight excluding hydrogens is 192 g/mol. The highest BCUT2D eigenvalue weighted by Gasteiger charge is 2.17. The molecule has 0 amide bonds. The summed E-state index contributed by atoms with van der Waals surface area (Å²) in [6, 6.07) is 7.85. The molecule has 0 saturated carbocycles. The molecule has 0 aliphatic carbocycles. The van der Waals surface area contributed by atoms with Crippen molar-refractivity contribution < 1.29 is 4.74 Å². The van der Waals surface area contributed by atoms with E-state index in [0.29, 0.717) is 0 Å². The average Bonchev–Trinajstić information content (AvgIpc) is 2.56. The van der Waals surface area contributed by atoms with E-state index in [0.717, 1.165) is 17.4 Å². The van der Waals surface area contributed by atoms with Crippen molar-refractivity contribution in [3.05, 3.63) is 34.9 Å². The first kappa shape index (κ1) is 8.42. The molecule has 12 heavy (non-hydrogen) atoms. The van der Waals surface area contributed by atoms with Gasteiger partial charge in [0.15, 0.2) is 0 Å². The van der Waals surface area contributed by atoms with Gasteiger partial charge >= 0.3 is 0 Å². The van der Waals surface area contributed by atoms with E-state index in [9.17, 15) is 0 Å². The van der Waals surface area contributed by atoms with E-state index in [1.807, 2.05) is 30.0 Å². The van der Waals surface area contributed by atoms with E-state index in [1.165, 1.54) is 5.56 Å². The summed E-state index contributed by atoms with van der Waals surface area (Å²) in [5.74, 6) is 1.08. The van der Waals surface area contributed by atoms with Gasteiger partial charge in [0.25, 0.3) is 0 Å². The molecule has 1 aliphatic rings. The van der Waals surface area contributed by atoms with Crippen molar-refractivity contribution >= 4 is 23.4 Å². The zero-order valence-electron chi connectivity index (χ0n) is 6.50. The Hall–Kier alpha value is -0.180. The van der Waals surface area contributed by atoms with Gasteiger partial charge in [0.1, 0.15) is 5.44 Å². The number of hydrogen-bond acceptors (Lipinski definition) is 2. The third kappa shape index (κ3) is 1.76. The fourth-order valence-corrected chi connectivity index (χ4v) is 2.34. The van der Waals surface area contributed by atoms with Crippen molar-refractivity contribution in [3.8, 4) is 0 Å². The normalized spacial score (nSPS) is 22.9. The molecule has 0 N–H and O–H groups in total. The van der Waals surface area contributed by atoms with Crippen LogP contribution in [0.4, 0.5) is 0 Å². The van der Waals surface area contributed by atoms with Crippen LogP contribution in [-0.2, 0) is 4.74 Å². The van der Waals surface area contributed by atoms with Gasteiger partial charge in [0.05, 0.1) is 6.61 Å². The Morgan fingerprint density at radius 1 is 1.50 bits per heavy atom. The molecule has 0 spiro atoms. The maximum atomic E-state index is 5.86. The molecule has 1 heterocycles. The minimum atomic E-state index is 0.198. The number of ether oxygens (including phenoxy) is 1. The lowest BCUT2D eigenvalue weighted by Crippen LogP contribution is -1.91. The Kier molecular flexibility index (Phi) is 2.59. The summed E-state index contributed by atoms with van der Waals surface area (Å²) in [6.45, 7) is 0.849. The summed E-state index contributed by atoms with van der Waals surface area (Å²) in [6.07, 6.45) is 0. The maximum Gasteiger partial charge on any atom is 0.128 e. The standard InChI is InChI=1S/C9H9ClOS/c10-8-3-1-2-7(6-8)9-11-4-5-12-9/h1-3,6,9H,4-5H2. The lowest BCUT2D eigenvalue weighted by molar-refractivity contribution is 0.145. The van der Waals surface area contributed by atoms with Gasteiger partial charge in [0.2, 0.25) is 0 Å². The minimum absolute atomic E-state index is 0.198. The quantitative estimate of drug-likeness (QED) is 0.689. The molecule has 64 valence electrons. The van der Waals surface area contributed by atoms with Crippen molar-refractivity contribution in [1.29, 1.82) is 0 Å². The second kappa shape index (κ2) is 3.69. The van der Waals surface area contributed by atoms with Crippen LogP contribution < -0.4 is 0 Å². The topological polar surface area (TPSA) is 9.23 Å². The van der Waals surface area contributed by atoms with Gasteiger partial charge in [-0.15, -0.1) is 11.8 Å². The maximum absolute atomic E-state index is 5.86. The van der Waals surface area contributed by atoms with E-state index >= 15 is 0 Å². The van der Waals surface area contributed by atoms with Crippen LogP contribution in [0.3, 0.4) is 0 Å². The van der Waals surface area contributed by atoms with Crippen LogP contribution in [0, 0.1) is 0 Å². The van der Waals surface area contributed by atoms with Gasteiger partial charge in [-0.1, -0.05) is 23.7 Å². The third-order valence-corrected chi connectivity index (χ3v) is 3.09. The Balaban J connectivity index is 2.21. The first-order valence-corrected chi connectivity index (χ1v) is 5.27. The Bertz CT molecular complexity index is 271. The molecular formula is C9H9ClOS. The summed E-state index contributed by atoms with van der Waals surface area (Å²) in [7, 11) is 0. The second-order valence-electron chi connectivity index (χ2n) is 2.63. The molecule has 1 aromatic carbocycles. The van der Waals surface area contributed by atoms with Gasteiger partial charge < -0.3 is 4.74 Å². The number of hydrogen-bond donors (Lipinski definition) is 0. The summed E-state index contributed by atoms with van der Waals surface area (Å²) in [5, 5.41) is 0.781. The molecule has 1 unspecified atom stereocenters. The van der Waals surface area contributed by atoms with E-state index in [4.69, 9.17) is 16.3 Å². The smallest absolute Gasteiger partial charge is 0.128 e. The first-order valence-electron chi connectivity index (χ1n) is 3.85. The van der Waals surface area contributed by atoms with Crippen LogP contribution in [0.5, 0.6) is 0 Å². The molecule has 0 bridgehead atoms. The van der Waals surface area contributed by atoms with E-state index in [1.54, 1.807) is 0 Å². The van der Waals surface area contributed by atoms with E-state index in [-0.39, 0.29) is 5.44 Å². The predicted octanol–water partition coefficient (Wildman–Crippen LogP) is 3.10. The van der Waals surface area contributed by atoms with Crippen molar-refractivity contribution in [2.75, 3.05) is 12.4 Å². The highest BCUT2D eigenvalue weighted by Crippen LogP contribution is 2.35. The first-order chi connectivity index (χ1) is 5.86. The Morgan fingerprint density at radius 3 is 3.08 bits per heavy atom. The highest BCUT2D eigenvalue weighted by atomic mass is 35.5. The Morgan fingerprint density at radius 2 is 2.42 bits per heavy atom. The van der Waals surface area contributed by atoms with Crippen LogP contribution in [0.15, 0.2) is 24.3 Å². The average molecular weight is 201 g/mol. The highest BCUT2D eigenvalue weighted by molar-refractivity contribution is 7.99. The molecule has 1 fully saturated rings. The largest absolute Gasteiger partial charge is 0.362 e. The van der Waals surface area contributed by atoms with Crippen LogP contribution in [0.2, 0.25) is 5.02 Å². The van der Waals surface area contributed by atoms with Crippen molar-refractivity contribution in [3.63, 3.8) is 0 Å². The molecule has 1 atom stereocenters. The lowest BCUT2D eigenvalue weighted by atomic mass is 10.2. The molecule has 2 rings (SSSR count). The van der Waals surface area contributed by atoms with Crippen molar-refractivity contribution in [1.82, 2.24) is 0 Å². The van der Waals surface area contributed by atoms with Crippen molar-refractivity contribution in [2.24, 2.45) is 0 Å². The van der Waals surface area contributed by atoms with Gasteiger partial charge in [-0.3, -0.25) is 0 Å². The minimum Gasteiger partial charge on any atom is -0.362 e. The summed E-state index contributed by atoms with van der Waals surface area (Å²) in [5.41, 5.74) is 1.37. The zero-order valence-corrected chi connectivity index (χ0v) is 8.07. The van der Waals surface area contributed by atoms with Gasteiger partial charge in [0, 0.05) is 10.8 Å². The zero-order chi connectivity index (χ0) is 8.39. The number of halogens is 1. The number of rotatable bonds is 1. The van der Waals surface area contributed by atoms with Crippen LogP contribution in [0.1, 0.15) is 11.0 Å². The number of benzene rings is 1. The van der Waals surface area contributed by atoms with Gasteiger partial charge in [-0.2, -0.15) is 0 Å². The molecule has 1 saturated heterocycles. The van der Waals surface area contributed by atoms with Gasteiger partial charge in [-0.25, -0.2) is 0 Å². The van der Waals surface area contributed by atoms with Crippen molar-refractivity contribution in [2.45, 2.75) is 5.44 Å². The SMILES string of the molecule is Clc1cccc(C2OCCS2)c1. The molecule has 1 nitrogen and oxygen atoms in total. The van der Waals surface area contributed by atoms with Gasteiger partial charge in [-0.05, 0) is 17.7 Å². The molecule has 1 aliphatic heterocycles. The summed E-state index contributed by atoms with van der Waals surface area (Å²) >= 11 is 7.68. The van der Waals surface area contributed by atoms with Crippen LogP contribution in [-0.4, -0.2) is 12.4 Å².